The number of hydrogen-bond acceptors (Lipinski definition) is 4. The van der Waals surface area contributed by atoms with Crippen molar-refractivity contribution in [2.24, 2.45) is 0 Å². The van der Waals surface area contributed by atoms with Crippen LogP contribution >= 0.6 is 15.9 Å². The Hall–Kier alpha value is -2.52. The van der Waals surface area contributed by atoms with E-state index in [1.54, 1.807) is 32.0 Å². The van der Waals surface area contributed by atoms with Crippen LogP contribution in [-0.2, 0) is 15.2 Å². The van der Waals surface area contributed by atoms with Crippen LogP contribution in [0.15, 0.2) is 40.9 Å². The van der Waals surface area contributed by atoms with Gasteiger partial charge in [-0.15, -0.1) is 0 Å². The first-order valence-electron chi connectivity index (χ1n) is 8.74. The van der Waals surface area contributed by atoms with Gasteiger partial charge >= 0.3 is 0 Å². The maximum Gasteiger partial charge on any atom is 0.257 e. The second-order valence-corrected chi connectivity index (χ2v) is 8.34. The molecule has 0 spiro atoms. The van der Waals surface area contributed by atoms with Crippen LogP contribution in [0.3, 0.4) is 0 Å². The van der Waals surface area contributed by atoms with E-state index in [4.69, 9.17) is 4.74 Å². The maximum atomic E-state index is 13.4. The number of halogens is 3. The summed E-state index contributed by atoms with van der Waals surface area (Å²) in [6, 6.07) is 7.60. The third-order valence-electron chi connectivity index (χ3n) is 4.40. The largest absolute Gasteiger partial charge is 0.486 e. The minimum Gasteiger partial charge on any atom is -0.486 e. The summed E-state index contributed by atoms with van der Waals surface area (Å²) in [6.45, 7) is 3.13. The summed E-state index contributed by atoms with van der Waals surface area (Å²) in [5.41, 5.74) is -2.52. The lowest BCUT2D eigenvalue weighted by molar-refractivity contribution is -0.146. The molecule has 154 valence electrons. The van der Waals surface area contributed by atoms with Crippen LogP contribution in [-0.4, -0.2) is 29.1 Å². The summed E-state index contributed by atoms with van der Waals surface area (Å²) in [7, 11) is 0. The second kappa shape index (κ2) is 7.72. The van der Waals surface area contributed by atoms with Crippen molar-refractivity contribution in [1.82, 2.24) is 5.32 Å². The van der Waals surface area contributed by atoms with Gasteiger partial charge in [-0.3, -0.25) is 9.59 Å². The maximum absolute atomic E-state index is 13.4. The van der Waals surface area contributed by atoms with Crippen LogP contribution in [0.1, 0.15) is 25.8 Å². The molecule has 6 nitrogen and oxygen atoms in total. The van der Waals surface area contributed by atoms with E-state index >= 15 is 0 Å². The predicted molar refractivity (Wildman–Crippen MR) is 105 cm³/mol. The lowest BCUT2D eigenvalue weighted by atomic mass is 9.85. The molecule has 29 heavy (non-hydrogen) atoms. The number of ether oxygens (including phenoxy) is 1. The molecule has 0 aliphatic carbocycles. The molecule has 0 radical (unpaired) electrons. The zero-order valence-corrected chi connectivity index (χ0v) is 17.3. The van der Waals surface area contributed by atoms with Crippen LogP contribution in [0, 0.1) is 11.6 Å². The van der Waals surface area contributed by atoms with Gasteiger partial charge in [-0.05, 0) is 32.0 Å². The van der Waals surface area contributed by atoms with Gasteiger partial charge in [-0.1, -0.05) is 15.9 Å². The second-order valence-electron chi connectivity index (χ2n) is 7.42. The zero-order valence-electron chi connectivity index (χ0n) is 15.7. The number of carbonyl (C=O) groups excluding carboxylic acids is 2. The Morgan fingerprint density at radius 3 is 2.59 bits per heavy atom. The van der Waals surface area contributed by atoms with Gasteiger partial charge in [-0.2, -0.15) is 0 Å². The highest BCUT2D eigenvalue weighted by atomic mass is 79.9. The van der Waals surface area contributed by atoms with Gasteiger partial charge in [0.25, 0.3) is 5.91 Å². The van der Waals surface area contributed by atoms with Gasteiger partial charge in [-0.25, -0.2) is 8.78 Å². The Kier molecular flexibility index (Phi) is 5.64. The molecule has 0 fully saturated rings. The minimum atomic E-state index is -2.07. The number of amides is 2. The number of carbonyl (C=O) groups is 2. The summed E-state index contributed by atoms with van der Waals surface area (Å²) in [5.74, 6) is -2.89. The summed E-state index contributed by atoms with van der Waals surface area (Å²) < 4.78 is 32.9. The van der Waals surface area contributed by atoms with E-state index in [1.165, 1.54) is 0 Å². The van der Waals surface area contributed by atoms with Gasteiger partial charge in [0.05, 0.1) is 13.0 Å². The van der Waals surface area contributed by atoms with Crippen LogP contribution in [0.4, 0.5) is 14.5 Å². The molecule has 0 saturated carbocycles. The summed E-state index contributed by atoms with van der Waals surface area (Å²) >= 11 is 3.29. The SMILES string of the molecule is CC(C)(CNC(=O)C1(O)CC(=O)Nc2ccc(Br)cc21)Oc1cc(F)cc(F)c1. The van der Waals surface area contributed by atoms with Crippen LogP contribution in [0.5, 0.6) is 5.75 Å². The number of hydrogen-bond donors (Lipinski definition) is 3. The molecule has 1 unspecified atom stereocenters. The fraction of sp³-hybridized carbons (Fsp3) is 0.300. The van der Waals surface area contributed by atoms with Crippen LogP contribution in [0.25, 0.3) is 0 Å². The molecule has 2 aromatic carbocycles. The van der Waals surface area contributed by atoms with Crippen molar-refractivity contribution in [3.63, 3.8) is 0 Å². The zero-order chi connectivity index (χ0) is 21.4. The molecule has 3 rings (SSSR count). The molecular formula is C20H19BrF2N2O4. The number of anilines is 1. The van der Waals surface area contributed by atoms with Crippen molar-refractivity contribution in [3.05, 3.63) is 58.1 Å². The number of nitrogens with one attached hydrogen (secondary N) is 2. The molecule has 1 aliphatic heterocycles. The van der Waals surface area contributed by atoms with E-state index in [-0.39, 0.29) is 17.9 Å². The standard InChI is InChI=1S/C20H19BrF2N2O4/c1-19(2,29-14-7-12(22)6-13(23)8-14)10-24-18(27)20(28)9-17(26)25-16-4-3-11(21)5-15(16)20/h3-8,28H,9-10H2,1-2H3,(H,24,27)(H,25,26). The molecule has 3 N–H and O–H groups in total. The van der Waals surface area contributed by atoms with E-state index in [0.717, 1.165) is 18.2 Å². The number of benzene rings is 2. The summed E-state index contributed by atoms with van der Waals surface area (Å²) in [4.78, 5) is 24.8. The Morgan fingerprint density at radius 2 is 1.93 bits per heavy atom. The lowest BCUT2D eigenvalue weighted by Gasteiger charge is -2.34. The Bertz CT molecular complexity index is 963. The van der Waals surface area contributed by atoms with Crippen molar-refractivity contribution in [3.8, 4) is 5.75 Å². The first-order valence-corrected chi connectivity index (χ1v) is 9.53. The van der Waals surface area contributed by atoms with Gasteiger partial charge in [0, 0.05) is 33.9 Å². The topological polar surface area (TPSA) is 87.7 Å². The Labute approximate surface area is 174 Å². The molecule has 2 amide bonds. The van der Waals surface area contributed by atoms with Crippen molar-refractivity contribution >= 4 is 33.4 Å². The molecule has 1 heterocycles. The normalized spacial score (nSPS) is 18.6. The molecule has 0 saturated heterocycles. The van der Waals surface area contributed by atoms with Crippen molar-refractivity contribution in [2.75, 3.05) is 11.9 Å². The van der Waals surface area contributed by atoms with Crippen molar-refractivity contribution in [1.29, 1.82) is 0 Å². The highest BCUT2D eigenvalue weighted by Gasteiger charge is 2.45. The van der Waals surface area contributed by atoms with Crippen molar-refractivity contribution < 1.29 is 28.2 Å². The van der Waals surface area contributed by atoms with Crippen LogP contribution in [0.2, 0.25) is 0 Å². The van der Waals surface area contributed by atoms with Gasteiger partial charge in [0.2, 0.25) is 5.91 Å². The molecule has 0 bridgehead atoms. The predicted octanol–water partition coefficient (Wildman–Crippen LogP) is 3.23. The van der Waals surface area contributed by atoms with E-state index in [2.05, 4.69) is 26.6 Å². The van der Waals surface area contributed by atoms with E-state index in [1.807, 2.05) is 0 Å². The average molecular weight is 469 g/mol. The van der Waals surface area contributed by atoms with Gasteiger partial charge < -0.3 is 20.5 Å². The molecule has 1 atom stereocenters. The fourth-order valence-electron chi connectivity index (χ4n) is 3.07. The molecule has 0 aromatic heterocycles. The molecule has 2 aromatic rings. The number of rotatable bonds is 5. The Balaban J connectivity index is 1.76. The fourth-order valence-corrected chi connectivity index (χ4v) is 3.44. The Morgan fingerprint density at radius 1 is 1.28 bits per heavy atom. The highest BCUT2D eigenvalue weighted by molar-refractivity contribution is 9.10. The summed E-state index contributed by atoms with van der Waals surface area (Å²) in [5, 5.41) is 16.2. The van der Waals surface area contributed by atoms with E-state index in [0.29, 0.717) is 10.2 Å². The van der Waals surface area contributed by atoms with E-state index in [9.17, 15) is 23.5 Å². The first-order chi connectivity index (χ1) is 13.5. The highest BCUT2D eigenvalue weighted by Crippen LogP contribution is 2.37. The first kappa shape index (κ1) is 21.2. The molecular weight excluding hydrogens is 450 g/mol. The quantitative estimate of drug-likeness (QED) is 0.628. The monoisotopic (exact) mass is 468 g/mol. The lowest BCUT2D eigenvalue weighted by Crippen LogP contribution is -2.53. The van der Waals surface area contributed by atoms with Crippen LogP contribution < -0.4 is 15.4 Å². The third-order valence-corrected chi connectivity index (χ3v) is 4.89. The van der Waals surface area contributed by atoms with E-state index < -0.39 is 41.1 Å². The molecule has 1 aliphatic rings. The number of fused-ring (bicyclic) bond motifs is 1. The van der Waals surface area contributed by atoms with Crippen molar-refractivity contribution in [2.45, 2.75) is 31.5 Å². The third kappa shape index (κ3) is 4.73. The smallest absolute Gasteiger partial charge is 0.257 e. The summed E-state index contributed by atoms with van der Waals surface area (Å²) in [6.07, 6.45) is -0.446. The molecule has 9 heteroatoms. The number of aliphatic hydroxyl groups is 1. The van der Waals surface area contributed by atoms with Gasteiger partial charge in [0.15, 0.2) is 5.60 Å². The average Bonchev–Trinajstić information content (AvgIpc) is 2.59. The minimum absolute atomic E-state index is 0.0354. The van der Waals surface area contributed by atoms with Gasteiger partial charge in [0.1, 0.15) is 23.0 Å².